The molecule has 0 amide bonds. The van der Waals surface area contributed by atoms with E-state index in [4.69, 9.17) is 0 Å². The second-order valence-electron chi connectivity index (χ2n) is 2.69. The summed E-state index contributed by atoms with van der Waals surface area (Å²) < 4.78 is 0. The van der Waals surface area contributed by atoms with Crippen molar-refractivity contribution in [3.05, 3.63) is 35.9 Å². The van der Waals surface area contributed by atoms with E-state index in [0.717, 1.165) is 0 Å². The molecule has 0 saturated heterocycles. The Balaban J connectivity index is 2.77. The third-order valence-electron chi connectivity index (χ3n) is 1.73. The first-order valence-corrected chi connectivity index (χ1v) is 4.09. The van der Waals surface area contributed by atoms with E-state index in [1.165, 1.54) is 0 Å². The van der Waals surface area contributed by atoms with Crippen molar-refractivity contribution in [3.8, 4) is 11.8 Å². The lowest BCUT2D eigenvalue weighted by atomic mass is 10.1. The minimum atomic E-state index is -1.01. The molecule has 0 aromatic heterocycles. The molecule has 0 saturated carbocycles. The van der Waals surface area contributed by atoms with Gasteiger partial charge in [-0.25, -0.2) is 0 Å². The molecule has 2 atom stereocenters. The Morgan fingerprint density at radius 3 is 2.31 bits per heavy atom. The van der Waals surface area contributed by atoms with E-state index in [1.807, 2.05) is 18.2 Å². The highest BCUT2D eigenvalue weighted by Crippen LogP contribution is 2.15. The van der Waals surface area contributed by atoms with Gasteiger partial charge in [-0.1, -0.05) is 36.3 Å². The average molecular weight is 176 g/mol. The average Bonchev–Trinajstić information content (AvgIpc) is 2.18. The van der Waals surface area contributed by atoms with E-state index in [2.05, 4.69) is 11.8 Å². The minimum Gasteiger partial charge on any atom is -0.385 e. The number of aliphatic hydroxyl groups is 2. The van der Waals surface area contributed by atoms with E-state index in [9.17, 15) is 10.2 Å². The van der Waals surface area contributed by atoms with Gasteiger partial charge >= 0.3 is 0 Å². The molecule has 0 heterocycles. The van der Waals surface area contributed by atoms with E-state index < -0.39 is 12.2 Å². The maximum absolute atomic E-state index is 9.57. The Morgan fingerprint density at radius 2 is 1.77 bits per heavy atom. The summed E-state index contributed by atoms with van der Waals surface area (Å²) in [6.45, 7) is 1.63. The zero-order chi connectivity index (χ0) is 9.68. The summed E-state index contributed by atoms with van der Waals surface area (Å²) in [5.74, 6) is 5.06. The molecule has 0 fully saturated rings. The first-order valence-electron chi connectivity index (χ1n) is 4.09. The van der Waals surface area contributed by atoms with Crippen LogP contribution in [0.25, 0.3) is 0 Å². The zero-order valence-corrected chi connectivity index (χ0v) is 7.44. The Morgan fingerprint density at radius 1 is 1.15 bits per heavy atom. The van der Waals surface area contributed by atoms with Crippen LogP contribution in [0.15, 0.2) is 30.3 Å². The van der Waals surface area contributed by atoms with Crippen LogP contribution in [0.3, 0.4) is 0 Å². The van der Waals surface area contributed by atoms with Gasteiger partial charge in [-0.05, 0) is 12.5 Å². The summed E-state index contributed by atoms with van der Waals surface area (Å²) >= 11 is 0. The molecule has 0 radical (unpaired) electrons. The van der Waals surface area contributed by atoms with Crippen LogP contribution < -0.4 is 0 Å². The Hall–Kier alpha value is -1.30. The SMILES string of the molecule is CC#C[C@H](O)[C@@H](O)c1ccccc1. The molecule has 1 aromatic rings. The van der Waals surface area contributed by atoms with E-state index in [-0.39, 0.29) is 0 Å². The summed E-state index contributed by atoms with van der Waals surface area (Å²) in [4.78, 5) is 0. The van der Waals surface area contributed by atoms with Crippen molar-refractivity contribution in [1.82, 2.24) is 0 Å². The molecule has 0 spiro atoms. The van der Waals surface area contributed by atoms with E-state index >= 15 is 0 Å². The molecule has 68 valence electrons. The van der Waals surface area contributed by atoms with E-state index in [1.54, 1.807) is 19.1 Å². The molecule has 0 aliphatic rings. The topological polar surface area (TPSA) is 40.5 Å². The van der Waals surface area contributed by atoms with Gasteiger partial charge in [0.1, 0.15) is 12.2 Å². The predicted octanol–water partition coefficient (Wildman–Crippen LogP) is 1.10. The lowest BCUT2D eigenvalue weighted by Crippen LogP contribution is -2.15. The van der Waals surface area contributed by atoms with Crippen molar-refractivity contribution >= 4 is 0 Å². The number of benzene rings is 1. The molecule has 0 aliphatic carbocycles. The van der Waals surface area contributed by atoms with Crippen molar-refractivity contribution in [2.75, 3.05) is 0 Å². The zero-order valence-electron chi connectivity index (χ0n) is 7.44. The largest absolute Gasteiger partial charge is 0.385 e. The van der Waals surface area contributed by atoms with Crippen LogP contribution in [0.4, 0.5) is 0 Å². The molecule has 1 rings (SSSR count). The molecule has 0 bridgehead atoms. The smallest absolute Gasteiger partial charge is 0.144 e. The number of hydrogen-bond donors (Lipinski definition) is 2. The Labute approximate surface area is 77.8 Å². The molecule has 0 unspecified atom stereocenters. The van der Waals surface area contributed by atoms with E-state index in [0.29, 0.717) is 5.56 Å². The highest BCUT2D eigenvalue weighted by Gasteiger charge is 2.14. The van der Waals surface area contributed by atoms with Crippen LogP contribution in [0.5, 0.6) is 0 Å². The number of rotatable bonds is 2. The molecule has 13 heavy (non-hydrogen) atoms. The normalized spacial score (nSPS) is 14.1. The summed E-state index contributed by atoms with van der Waals surface area (Å²) in [6, 6.07) is 8.99. The van der Waals surface area contributed by atoms with Crippen LogP contribution in [0.1, 0.15) is 18.6 Å². The van der Waals surface area contributed by atoms with Crippen LogP contribution in [-0.4, -0.2) is 16.3 Å². The summed E-state index contributed by atoms with van der Waals surface area (Å²) in [5.41, 5.74) is 0.678. The number of aliphatic hydroxyl groups excluding tert-OH is 2. The highest BCUT2D eigenvalue weighted by molar-refractivity contribution is 5.21. The maximum atomic E-state index is 9.57. The monoisotopic (exact) mass is 176 g/mol. The molecular formula is C11H12O2. The lowest BCUT2D eigenvalue weighted by Gasteiger charge is -2.12. The van der Waals surface area contributed by atoms with Gasteiger partial charge < -0.3 is 10.2 Å². The third-order valence-corrected chi connectivity index (χ3v) is 1.73. The fourth-order valence-corrected chi connectivity index (χ4v) is 1.06. The van der Waals surface area contributed by atoms with Gasteiger partial charge in [-0.2, -0.15) is 0 Å². The first kappa shape index (κ1) is 9.79. The quantitative estimate of drug-likeness (QED) is 0.662. The number of hydrogen-bond acceptors (Lipinski definition) is 2. The first-order chi connectivity index (χ1) is 6.25. The fourth-order valence-electron chi connectivity index (χ4n) is 1.06. The van der Waals surface area contributed by atoms with Crippen molar-refractivity contribution in [3.63, 3.8) is 0 Å². The van der Waals surface area contributed by atoms with Crippen molar-refractivity contribution in [2.45, 2.75) is 19.1 Å². The highest BCUT2D eigenvalue weighted by atomic mass is 16.3. The Kier molecular flexibility index (Phi) is 3.51. The van der Waals surface area contributed by atoms with Crippen molar-refractivity contribution < 1.29 is 10.2 Å². The summed E-state index contributed by atoms with van der Waals surface area (Å²) in [7, 11) is 0. The van der Waals surface area contributed by atoms with Gasteiger partial charge in [0.05, 0.1) is 0 Å². The van der Waals surface area contributed by atoms with Gasteiger partial charge in [-0.3, -0.25) is 0 Å². The predicted molar refractivity (Wildman–Crippen MR) is 50.9 cm³/mol. The van der Waals surface area contributed by atoms with Gasteiger partial charge in [0.2, 0.25) is 0 Å². The van der Waals surface area contributed by atoms with Crippen LogP contribution >= 0.6 is 0 Å². The summed E-state index contributed by atoms with van der Waals surface area (Å²) in [6.07, 6.45) is -1.93. The van der Waals surface area contributed by atoms with Gasteiger partial charge in [0.25, 0.3) is 0 Å². The fraction of sp³-hybridized carbons (Fsp3) is 0.273. The minimum absolute atomic E-state index is 0.678. The van der Waals surface area contributed by atoms with Crippen molar-refractivity contribution in [2.24, 2.45) is 0 Å². The van der Waals surface area contributed by atoms with Gasteiger partial charge in [0, 0.05) is 0 Å². The molecule has 1 aromatic carbocycles. The van der Waals surface area contributed by atoms with Crippen LogP contribution in [-0.2, 0) is 0 Å². The van der Waals surface area contributed by atoms with Gasteiger partial charge in [-0.15, -0.1) is 5.92 Å². The molecule has 2 N–H and O–H groups in total. The second kappa shape index (κ2) is 4.66. The molecule has 2 heteroatoms. The lowest BCUT2D eigenvalue weighted by molar-refractivity contribution is 0.0540. The summed E-state index contributed by atoms with van der Waals surface area (Å²) in [5, 5.41) is 18.9. The van der Waals surface area contributed by atoms with Crippen molar-refractivity contribution in [1.29, 1.82) is 0 Å². The van der Waals surface area contributed by atoms with Crippen LogP contribution in [0, 0.1) is 11.8 Å². The molecular weight excluding hydrogens is 164 g/mol. The molecule has 2 nitrogen and oxygen atoms in total. The second-order valence-corrected chi connectivity index (χ2v) is 2.69. The standard InChI is InChI=1S/C11H12O2/c1-2-6-10(12)11(13)9-7-4-3-5-8-9/h3-5,7-8,10-13H,1H3/t10-,11-/m0/s1. The van der Waals surface area contributed by atoms with Gasteiger partial charge in [0.15, 0.2) is 0 Å². The van der Waals surface area contributed by atoms with Crippen LogP contribution in [0.2, 0.25) is 0 Å². The third kappa shape index (κ3) is 2.59. The molecule has 0 aliphatic heterocycles. The maximum Gasteiger partial charge on any atom is 0.144 e. The Bertz CT molecular complexity index is 308.